The summed E-state index contributed by atoms with van der Waals surface area (Å²) >= 11 is 11.9. The highest BCUT2D eigenvalue weighted by Gasteiger charge is 2.54. The Morgan fingerprint density at radius 3 is 2.36 bits per heavy atom. The molecule has 1 unspecified atom stereocenters. The third-order valence-corrected chi connectivity index (χ3v) is 5.99. The van der Waals surface area contributed by atoms with Gasteiger partial charge in [-0.2, -0.15) is 0 Å². The Hall–Kier alpha value is -1.31. The molecule has 0 N–H and O–H groups in total. The Morgan fingerprint density at radius 1 is 1.32 bits per heavy atom. The molecule has 0 aliphatic carbocycles. The van der Waals surface area contributed by atoms with E-state index in [1.807, 2.05) is 6.92 Å². The zero-order valence-corrected chi connectivity index (χ0v) is 16.7. The monoisotopic (exact) mass is 406 g/mol. The van der Waals surface area contributed by atoms with Gasteiger partial charge in [-0.1, -0.05) is 40.9 Å². The van der Waals surface area contributed by atoms with E-state index in [9.17, 15) is 13.2 Å². The Bertz CT molecular complexity index is 789. The van der Waals surface area contributed by atoms with E-state index in [-0.39, 0.29) is 17.3 Å². The van der Waals surface area contributed by atoms with Gasteiger partial charge in [-0.3, -0.25) is 4.99 Å². The molecule has 0 radical (unpaired) electrons. The lowest BCUT2D eigenvalue weighted by molar-refractivity contribution is -0.148. The molecule has 6 nitrogen and oxygen atoms in total. The number of halogens is 2. The Labute approximate surface area is 157 Å². The first kappa shape index (κ1) is 20.0. The number of alkyl halides is 2. The molecule has 0 saturated carbocycles. The third kappa shape index (κ3) is 3.78. The van der Waals surface area contributed by atoms with Crippen molar-refractivity contribution in [3.63, 3.8) is 0 Å². The van der Waals surface area contributed by atoms with E-state index < -0.39 is 32.4 Å². The standard InChI is InChI=1S/C16H20Cl2N2O4S/c1-5-24-15(21)12-16(3,4)19-14(13(17)18)20(12)25(22,23)11-8-6-10(2)7-9-11/h6-9,12-13H,5H2,1-4H3. The SMILES string of the molecule is CCOC(=O)C1N(S(=O)(=O)c2ccc(C)cc2)C(C(Cl)Cl)=NC1(C)C. The lowest BCUT2D eigenvalue weighted by Crippen LogP contribution is -2.53. The van der Waals surface area contributed by atoms with Crippen molar-refractivity contribution in [1.82, 2.24) is 4.31 Å². The van der Waals surface area contributed by atoms with Crippen molar-refractivity contribution in [2.45, 2.75) is 49.0 Å². The largest absolute Gasteiger partial charge is 0.464 e. The molecule has 138 valence electrons. The van der Waals surface area contributed by atoms with Crippen LogP contribution in [-0.2, 0) is 19.6 Å². The third-order valence-electron chi connectivity index (χ3n) is 3.82. The average molecular weight is 407 g/mol. The number of aliphatic imine (C=N–C) groups is 1. The quantitative estimate of drug-likeness (QED) is 0.556. The maximum atomic E-state index is 13.2. The average Bonchev–Trinajstić information content (AvgIpc) is 2.80. The van der Waals surface area contributed by atoms with Crippen LogP contribution in [0.3, 0.4) is 0 Å². The van der Waals surface area contributed by atoms with Crippen molar-refractivity contribution in [1.29, 1.82) is 0 Å². The second kappa shape index (κ2) is 7.13. The molecule has 9 heteroatoms. The number of rotatable bonds is 5. The molecular weight excluding hydrogens is 387 g/mol. The molecule has 1 aliphatic rings. The highest BCUT2D eigenvalue weighted by atomic mass is 35.5. The molecule has 1 heterocycles. The van der Waals surface area contributed by atoms with Gasteiger partial charge in [0.25, 0.3) is 10.0 Å². The minimum absolute atomic E-state index is 0.0202. The fourth-order valence-electron chi connectivity index (χ4n) is 2.66. The molecular formula is C16H20Cl2N2O4S. The number of ether oxygens (including phenoxy) is 1. The zero-order chi connectivity index (χ0) is 19.0. The Balaban J connectivity index is 2.61. The molecule has 0 spiro atoms. The van der Waals surface area contributed by atoms with Crippen LogP contribution in [0.4, 0.5) is 0 Å². The van der Waals surface area contributed by atoms with Crippen molar-refractivity contribution in [3.05, 3.63) is 29.8 Å². The summed E-state index contributed by atoms with van der Waals surface area (Å²) in [4.78, 5) is 15.6. The van der Waals surface area contributed by atoms with Crippen LogP contribution in [0.1, 0.15) is 26.3 Å². The van der Waals surface area contributed by atoms with Crippen molar-refractivity contribution in [3.8, 4) is 0 Å². The number of sulfonamides is 1. The molecule has 1 aromatic rings. The molecule has 0 fully saturated rings. The summed E-state index contributed by atoms with van der Waals surface area (Å²) in [6.45, 7) is 6.87. The van der Waals surface area contributed by atoms with Gasteiger partial charge >= 0.3 is 5.97 Å². The number of amidine groups is 1. The van der Waals surface area contributed by atoms with Crippen LogP contribution in [0, 0.1) is 6.92 Å². The Kier molecular flexibility index (Phi) is 5.71. The van der Waals surface area contributed by atoms with Gasteiger partial charge in [0, 0.05) is 0 Å². The summed E-state index contributed by atoms with van der Waals surface area (Å²) in [5.74, 6) is -0.789. The van der Waals surface area contributed by atoms with Gasteiger partial charge in [-0.05, 0) is 39.8 Å². The number of aryl methyl sites for hydroxylation is 1. The van der Waals surface area contributed by atoms with Crippen molar-refractivity contribution < 1.29 is 17.9 Å². The van der Waals surface area contributed by atoms with E-state index in [0.29, 0.717) is 0 Å². The second-order valence-corrected chi connectivity index (χ2v) is 9.10. The normalized spacial score (nSPS) is 19.9. The summed E-state index contributed by atoms with van der Waals surface area (Å²) in [6.07, 6.45) is 0. The van der Waals surface area contributed by atoms with Gasteiger partial charge in [-0.25, -0.2) is 17.5 Å². The van der Waals surface area contributed by atoms with E-state index in [4.69, 9.17) is 27.9 Å². The fourth-order valence-corrected chi connectivity index (χ4v) is 4.81. The van der Waals surface area contributed by atoms with Gasteiger partial charge in [0.1, 0.15) is 5.84 Å². The number of hydrogen-bond acceptors (Lipinski definition) is 5. The second-order valence-electron chi connectivity index (χ2n) is 6.19. The molecule has 2 rings (SSSR count). The van der Waals surface area contributed by atoms with Gasteiger partial charge in [-0.15, -0.1) is 0 Å². The minimum Gasteiger partial charge on any atom is -0.464 e. The summed E-state index contributed by atoms with van der Waals surface area (Å²) in [7, 11) is -4.10. The molecule has 0 saturated heterocycles. The van der Waals surface area contributed by atoms with Gasteiger partial charge in [0.2, 0.25) is 0 Å². The molecule has 1 aliphatic heterocycles. The highest BCUT2D eigenvalue weighted by molar-refractivity contribution is 7.89. The van der Waals surface area contributed by atoms with E-state index in [2.05, 4.69) is 4.99 Å². The number of hydrogen-bond donors (Lipinski definition) is 0. The summed E-state index contributed by atoms with van der Waals surface area (Å²) in [6, 6.07) is 5.08. The van der Waals surface area contributed by atoms with E-state index in [1.54, 1.807) is 32.9 Å². The van der Waals surface area contributed by atoms with Crippen LogP contribution < -0.4 is 0 Å². The van der Waals surface area contributed by atoms with Gasteiger partial charge in [0.05, 0.1) is 17.0 Å². The number of nitrogens with zero attached hydrogens (tertiary/aromatic N) is 2. The van der Waals surface area contributed by atoms with Crippen LogP contribution in [0.15, 0.2) is 34.2 Å². The van der Waals surface area contributed by atoms with E-state index in [0.717, 1.165) is 9.87 Å². The lowest BCUT2D eigenvalue weighted by atomic mass is 9.97. The summed E-state index contributed by atoms with van der Waals surface area (Å²) in [5.41, 5.74) is -0.161. The van der Waals surface area contributed by atoms with Crippen molar-refractivity contribution in [2.24, 2.45) is 4.99 Å². The van der Waals surface area contributed by atoms with E-state index >= 15 is 0 Å². The molecule has 25 heavy (non-hydrogen) atoms. The maximum Gasteiger partial charge on any atom is 0.332 e. The van der Waals surface area contributed by atoms with Gasteiger partial charge < -0.3 is 4.74 Å². The predicted molar refractivity (Wildman–Crippen MR) is 97.6 cm³/mol. The van der Waals surface area contributed by atoms with Crippen LogP contribution in [0.5, 0.6) is 0 Å². The minimum atomic E-state index is -4.10. The van der Waals surface area contributed by atoms with E-state index in [1.165, 1.54) is 12.1 Å². The molecule has 1 aromatic carbocycles. The number of esters is 1. The first-order valence-corrected chi connectivity index (χ1v) is 9.99. The summed E-state index contributed by atoms with van der Waals surface area (Å²) in [5, 5.41) is 0. The van der Waals surface area contributed by atoms with Crippen LogP contribution in [0.2, 0.25) is 0 Å². The maximum absolute atomic E-state index is 13.2. The van der Waals surface area contributed by atoms with Crippen LogP contribution in [-0.4, -0.2) is 47.6 Å². The van der Waals surface area contributed by atoms with Crippen molar-refractivity contribution in [2.75, 3.05) is 6.61 Å². The van der Waals surface area contributed by atoms with Crippen LogP contribution >= 0.6 is 23.2 Å². The highest BCUT2D eigenvalue weighted by Crippen LogP contribution is 2.36. The topological polar surface area (TPSA) is 76.0 Å². The van der Waals surface area contributed by atoms with Crippen LogP contribution in [0.25, 0.3) is 0 Å². The Morgan fingerprint density at radius 2 is 1.88 bits per heavy atom. The van der Waals surface area contributed by atoms with Crippen molar-refractivity contribution >= 4 is 45.0 Å². The smallest absolute Gasteiger partial charge is 0.332 e. The fraction of sp³-hybridized carbons (Fsp3) is 0.500. The molecule has 0 amide bonds. The first-order valence-electron chi connectivity index (χ1n) is 7.68. The molecule has 1 atom stereocenters. The number of benzene rings is 1. The van der Waals surface area contributed by atoms with Gasteiger partial charge in [0.15, 0.2) is 10.9 Å². The first-order chi connectivity index (χ1) is 11.5. The summed E-state index contributed by atoms with van der Waals surface area (Å²) < 4.78 is 32.3. The zero-order valence-electron chi connectivity index (χ0n) is 14.4. The molecule has 0 bridgehead atoms. The lowest BCUT2D eigenvalue weighted by Gasteiger charge is -2.31. The predicted octanol–water partition coefficient (Wildman–Crippen LogP) is 2.91. The number of carbonyl (C=O) groups is 1. The molecule has 0 aromatic heterocycles. The number of carbonyl (C=O) groups excluding carboxylic acids is 1.